The van der Waals surface area contributed by atoms with Crippen LogP contribution in [-0.2, 0) is 0 Å². The summed E-state index contributed by atoms with van der Waals surface area (Å²) in [6.45, 7) is 2.57. The topological polar surface area (TPSA) is 79.6 Å². The molecule has 20 heavy (non-hydrogen) atoms. The van der Waals surface area contributed by atoms with E-state index in [0.29, 0.717) is 6.54 Å². The first-order valence-corrected chi connectivity index (χ1v) is 6.65. The van der Waals surface area contributed by atoms with Crippen molar-refractivity contribution in [2.75, 3.05) is 11.9 Å². The minimum Gasteiger partial charge on any atom is -0.365 e. The first-order chi connectivity index (χ1) is 9.78. The molecule has 0 radical (unpaired) electrons. The molecule has 5 heteroatoms. The van der Waals surface area contributed by atoms with Crippen LogP contribution in [0.5, 0.6) is 0 Å². The van der Waals surface area contributed by atoms with Crippen LogP contribution in [0.2, 0.25) is 0 Å². The Kier molecular flexibility index (Phi) is 3.35. The molecule has 0 amide bonds. The molecular formula is C15H17N5. The van der Waals surface area contributed by atoms with Gasteiger partial charge in [0.05, 0.1) is 5.69 Å². The number of rotatable bonds is 4. The second-order valence-corrected chi connectivity index (χ2v) is 4.83. The summed E-state index contributed by atoms with van der Waals surface area (Å²) in [7, 11) is 0. The first-order valence-electron chi connectivity index (χ1n) is 6.65. The molecule has 3 aromatic rings. The zero-order chi connectivity index (χ0) is 13.9. The van der Waals surface area contributed by atoms with Crippen LogP contribution in [0.25, 0.3) is 22.2 Å². The van der Waals surface area contributed by atoms with Gasteiger partial charge in [-0.25, -0.2) is 0 Å². The highest BCUT2D eigenvalue weighted by molar-refractivity contribution is 5.94. The van der Waals surface area contributed by atoms with Crippen molar-refractivity contribution < 1.29 is 0 Å². The molecule has 4 N–H and O–H groups in total. The Morgan fingerprint density at radius 2 is 2.05 bits per heavy atom. The zero-order valence-electron chi connectivity index (χ0n) is 11.3. The summed E-state index contributed by atoms with van der Waals surface area (Å²) in [5.41, 5.74) is 8.59. The number of aromatic amines is 1. The molecule has 3 rings (SSSR count). The number of hydrogen-bond acceptors (Lipinski definition) is 4. The molecule has 2 heterocycles. The van der Waals surface area contributed by atoms with Gasteiger partial charge in [0.2, 0.25) is 0 Å². The molecule has 0 fully saturated rings. The standard InChI is InChI=1S/C15H17N5/c1-10(8-16)18-15-7-6-14(19-20-15)12-9-17-13-5-3-2-4-11(12)13/h2-7,9-10,17H,8,16H2,1H3,(H,18,20). The molecule has 1 unspecified atom stereocenters. The number of hydrogen-bond donors (Lipinski definition) is 3. The molecule has 0 bridgehead atoms. The summed E-state index contributed by atoms with van der Waals surface area (Å²) in [6.07, 6.45) is 1.96. The highest BCUT2D eigenvalue weighted by atomic mass is 15.2. The highest BCUT2D eigenvalue weighted by Gasteiger charge is 2.08. The summed E-state index contributed by atoms with van der Waals surface area (Å²) in [5.74, 6) is 0.742. The van der Waals surface area contributed by atoms with Gasteiger partial charge in [-0.3, -0.25) is 0 Å². The molecule has 5 nitrogen and oxygen atoms in total. The third kappa shape index (κ3) is 2.35. The number of aromatic nitrogens is 3. The van der Waals surface area contributed by atoms with E-state index < -0.39 is 0 Å². The Balaban J connectivity index is 1.91. The smallest absolute Gasteiger partial charge is 0.148 e. The molecule has 2 aromatic heterocycles. The van der Waals surface area contributed by atoms with Crippen LogP contribution in [-0.4, -0.2) is 27.8 Å². The van der Waals surface area contributed by atoms with Crippen LogP contribution in [0.3, 0.4) is 0 Å². The molecule has 0 aliphatic heterocycles. The maximum atomic E-state index is 5.57. The van der Waals surface area contributed by atoms with Gasteiger partial charge in [0.25, 0.3) is 0 Å². The summed E-state index contributed by atoms with van der Waals surface area (Å²) in [5, 5.41) is 12.8. The van der Waals surface area contributed by atoms with Gasteiger partial charge in [-0.15, -0.1) is 10.2 Å². The van der Waals surface area contributed by atoms with Gasteiger partial charge in [-0.1, -0.05) is 18.2 Å². The average Bonchev–Trinajstić information content (AvgIpc) is 2.92. The maximum absolute atomic E-state index is 5.57. The van der Waals surface area contributed by atoms with Crippen LogP contribution in [0, 0.1) is 0 Å². The fourth-order valence-corrected chi connectivity index (χ4v) is 2.15. The van der Waals surface area contributed by atoms with Gasteiger partial charge < -0.3 is 16.0 Å². The fourth-order valence-electron chi connectivity index (χ4n) is 2.15. The van der Waals surface area contributed by atoms with Gasteiger partial charge in [0.1, 0.15) is 5.82 Å². The lowest BCUT2D eigenvalue weighted by atomic mass is 10.1. The lowest BCUT2D eigenvalue weighted by Crippen LogP contribution is -2.25. The van der Waals surface area contributed by atoms with Crippen molar-refractivity contribution in [1.29, 1.82) is 0 Å². The van der Waals surface area contributed by atoms with Gasteiger partial charge >= 0.3 is 0 Å². The van der Waals surface area contributed by atoms with E-state index in [4.69, 9.17) is 5.73 Å². The lowest BCUT2D eigenvalue weighted by Gasteiger charge is -2.11. The molecule has 102 valence electrons. The number of benzene rings is 1. The van der Waals surface area contributed by atoms with E-state index >= 15 is 0 Å². The number of nitrogens with zero attached hydrogens (tertiary/aromatic N) is 2. The van der Waals surface area contributed by atoms with Crippen LogP contribution in [0.15, 0.2) is 42.6 Å². The number of para-hydroxylation sites is 1. The fraction of sp³-hybridized carbons (Fsp3) is 0.200. The number of nitrogens with one attached hydrogen (secondary N) is 2. The Morgan fingerprint density at radius 3 is 2.80 bits per heavy atom. The minimum atomic E-state index is 0.184. The van der Waals surface area contributed by atoms with Crippen molar-refractivity contribution in [2.45, 2.75) is 13.0 Å². The first kappa shape index (κ1) is 12.6. The van der Waals surface area contributed by atoms with Gasteiger partial charge in [-0.05, 0) is 25.1 Å². The quantitative estimate of drug-likeness (QED) is 0.678. The van der Waals surface area contributed by atoms with Gasteiger partial charge in [-0.2, -0.15) is 0 Å². The third-order valence-electron chi connectivity index (χ3n) is 3.28. The van der Waals surface area contributed by atoms with Crippen molar-refractivity contribution in [3.63, 3.8) is 0 Å². The van der Waals surface area contributed by atoms with E-state index in [0.717, 1.165) is 28.0 Å². The molecule has 0 aliphatic rings. The van der Waals surface area contributed by atoms with Crippen molar-refractivity contribution in [2.24, 2.45) is 5.73 Å². The average molecular weight is 267 g/mol. The lowest BCUT2D eigenvalue weighted by molar-refractivity contribution is 0.792. The predicted molar refractivity (Wildman–Crippen MR) is 81.5 cm³/mol. The summed E-state index contributed by atoms with van der Waals surface area (Å²) in [4.78, 5) is 3.24. The van der Waals surface area contributed by atoms with Crippen molar-refractivity contribution in [1.82, 2.24) is 15.2 Å². The van der Waals surface area contributed by atoms with E-state index in [-0.39, 0.29) is 6.04 Å². The van der Waals surface area contributed by atoms with E-state index in [2.05, 4.69) is 26.6 Å². The number of fused-ring (bicyclic) bond motifs is 1. The Morgan fingerprint density at radius 1 is 1.20 bits per heavy atom. The molecule has 0 aliphatic carbocycles. The molecule has 1 aromatic carbocycles. The van der Waals surface area contributed by atoms with Crippen molar-refractivity contribution >= 4 is 16.7 Å². The van der Waals surface area contributed by atoms with Gasteiger partial charge in [0.15, 0.2) is 0 Å². The maximum Gasteiger partial charge on any atom is 0.148 e. The summed E-state index contributed by atoms with van der Waals surface area (Å²) in [6, 6.07) is 12.2. The van der Waals surface area contributed by atoms with Crippen LogP contribution < -0.4 is 11.1 Å². The van der Waals surface area contributed by atoms with E-state index in [1.165, 1.54) is 0 Å². The van der Waals surface area contributed by atoms with Gasteiger partial charge in [0, 0.05) is 35.2 Å². The largest absolute Gasteiger partial charge is 0.365 e. The monoisotopic (exact) mass is 267 g/mol. The SMILES string of the molecule is CC(CN)Nc1ccc(-c2c[nH]c3ccccc23)nn1. The van der Waals surface area contributed by atoms with E-state index in [1.807, 2.05) is 43.5 Å². The molecule has 1 atom stereocenters. The molecular weight excluding hydrogens is 250 g/mol. The molecule has 0 saturated carbocycles. The second kappa shape index (κ2) is 5.30. The van der Waals surface area contributed by atoms with Crippen LogP contribution in [0.1, 0.15) is 6.92 Å². The number of H-pyrrole nitrogens is 1. The number of anilines is 1. The van der Waals surface area contributed by atoms with Crippen LogP contribution >= 0.6 is 0 Å². The van der Waals surface area contributed by atoms with Crippen molar-refractivity contribution in [3.8, 4) is 11.3 Å². The normalized spacial score (nSPS) is 12.5. The Bertz CT molecular complexity index is 702. The zero-order valence-corrected chi connectivity index (χ0v) is 11.3. The van der Waals surface area contributed by atoms with E-state index in [9.17, 15) is 0 Å². The number of nitrogens with two attached hydrogens (primary N) is 1. The minimum absolute atomic E-state index is 0.184. The Hall–Kier alpha value is -2.40. The Labute approximate surface area is 117 Å². The van der Waals surface area contributed by atoms with Crippen molar-refractivity contribution in [3.05, 3.63) is 42.6 Å². The summed E-state index contributed by atoms with van der Waals surface area (Å²) < 4.78 is 0. The second-order valence-electron chi connectivity index (χ2n) is 4.83. The summed E-state index contributed by atoms with van der Waals surface area (Å²) >= 11 is 0. The van der Waals surface area contributed by atoms with E-state index in [1.54, 1.807) is 0 Å². The van der Waals surface area contributed by atoms with Crippen LogP contribution in [0.4, 0.5) is 5.82 Å². The highest BCUT2D eigenvalue weighted by Crippen LogP contribution is 2.26. The molecule has 0 saturated heterocycles. The molecule has 0 spiro atoms. The predicted octanol–water partition coefficient (Wildman–Crippen LogP) is 2.38. The third-order valence-corrected chi connectivity index (χ3v) is 3.28.